The summed E-state index contributed by atoms with van der Waals surface area (Å²) in [6.07, 6.45) is 7.15. The van der Waals surface area contributed by atoms with Gasteiger partial charge < -0.3 is 9.88 Å². The summed E-state index contributed by atoms with van der Waals surface area (Å²) in [6, 6.07) is 5.78. The fourth-order valence-electron chi connectivity index (χ4n) is 1.97. The van der Waals surface area contributed by atoms with E-state index in [0.717, 1.165) is 5.69 Å². The molecule has 0 saturated carbocycles. The van der Waals surface area contributed by atoms with Gasteiger partial charge in [-0.15, -0.1) is 0 Å². The van der Waals surface area contributed by atoms with Crippen LogP contribution >= 0.6 is 0 Å². The zero-order valence-electron chi connectivity index (χ0n) is 11.2. The summed E-state index contributed by atoms with van der Waals surface area (Å²) in [5.74, 6) is -1.10. The van der Waals surface area contributed by atoms with Crippen LogP contribution in [0.5, 0.6) is 0 Å². The maximum Gasteiger partial charge on any atom is 0.242 e. The number of amides is 1. The van der Waals surface area contributed by atoms with E-state index < -0.39 is 5.92 Å². The number of nitrogens with zero attached hydrogens (tertiary/aromatic N) is 2. The van der Waals surface area contributed by atoms with E-state index in [1.165, 1.54) is 6.08 Å². The Morgan fingerprint density at radius 3 is 2.90 bits per heavy atom. The molecule has 0 aliphatic heterocycles. The highest BCUT2D eigenvalue weighted by molar-refractivity contribution is 5.93. The number of nitrogens with one attached hydrogen (secondary N) is 1. The first-order chi connectivity index (χ1) is 9.60. The first kappa shape index (κ1) is 13.8. The Morgan fingerprint density at radius 1 is 1.55 bits per heavy atom. The molecule has 1 aliphatic rings. The molecule has 1 aliphatic carbocycles. The highest BCUT2D eigenvalue weighted by atomic mass is 16.2. The van der Waals surface area contributed by atoms with Crippen LogP contribution in [0.2, 0.25) is 0 Å². The summed E-state index contributed by atoms with van der Waals surface area (Å²) >= 11 is 0. The van der Waals surface area contributed by atoms with Crippen molar-refractivity contribution in [2.75, 3.05) is 0 Å². The third kappa shape index (κ3) is 3.23. The van der Waals surface area contributed by atoms with E-state index in [1.54, 1.807) is 12.2 Å². The maximum atomic E-state index is 12.1. The zero-order chi connectivity index (χ0) is 14.5. The zero-order valence-corrected chi connectivity index (χ0v) is 11.2. The molecule has 1 atom stereocenters. The van der Waals surface area contributed by atoms with Crippen LogP contribution in [0.15, 0.2) is 42.3 Å². The molecule has 1 N–H and O–H groups in total. The topological polar surface area (TPSA) is 74.9 Å². The van der Waals surface area contributed by atoms with Crippen molar-refractivity contribution < 1.29 is 9.59 Å². The second-order valence-corrected chi connectivity index (χ2v) is 4.65. The van der Waals surface area contributed by atoms with Gasteiger partial charge in [0.2, 0.25) is 5.91 Å². The van der Waals surface area contributed by atoms with Crippen LogP contribution < -0.4 is 5.32 Å². The second-order valence-electron chi connectivity index (χ2n) is 4.65. The molecule has 0 saturated heterocycles. The molecule has 2 rings (SSSR count). The smallest absolute Gasteiger partial charge is 0.242 e. The van der Waals surface area contributed by atoms with Crippen molar-refractivity contribution in [3.05, 3.63) is 47.9 Å². The molecule has 5 nitrogen and oxygen atoms in total. The molecular formula is C15H15N3O2. The van der Waals surface area contributed by atoms with Crippen molar-refractivity contribution in [2.24, 2.45) is 13.0 Å². The second kappa shape index (κ2) is 6.02. The van der Waals surface area contributed by atoms with Gasteiger partial charge >= 0.3 is 0 Å². The summed E-state index contributed by atoms with van der Waals surface area (Å²) in [6.45, 7) is 0. The Kier molecular flexibility index (Phi) is 4.16. The van der Waals surface area contributed by atoms with Crippen LogP contribution in [0.25, 0.3) is 0 Å². The summed E-state index contributed by atoms with van der Waals surface area (Å²) < 4.78 is 1.88. The molecule has 0 spiro atoms. The predicted octanol–water partition coefficient (Wildman–Crippen LogP) is 1.24. The monoisotopic (exact) mass is 269 g/mol. The number of nitriles is 1. The Labute approximate surface area is 117 Å². The van der Waals surface area contributed by atoms with Gasteiger partial charge in [0.15, 0.2) is 5.78 Å². The molecule has 1 aromatic heterocycles. The van der Waals surface area contributed by atoms with E-state index in [4.69, 9.17) is 5.26 Å². The molecule has 1 heterocycles. The fraction of sp³-hybridized carbons (Fsp3) is 0.267. The Morgan fingerprint density at radius 2 is 2.35 bits per heavy atom. The molecular weight excluding hydrogens is 254 g/mol. The van der Waals surface area contributed by atoms with Crippen molar-refractivity contribution in [2.45, 2.75) is 12.8 Å². The van der Waals surface area contributed by atoms with Crippen molar-refractivity contribution in [1.29, 1.82) is 5.26 Å². The first-order valence-corrected chi connectivity index (χ1v) is 6.32. The highest BCUT2D eigenvalue weighted by Crippen LogP contribution is 2.11. The lowest BCUT2D eigenvalue weighted by Crippen LogP contribution is -2.31. The molecule has 0 aromatic carbocycles. The molecule has 102 valence electrons. The number of carbonyl (C=O) groups excluding carboxylic acids is 2. The van der Waals surface area contributed by atoms with Gasteiger partial charge in [-0.2, -0.15) is 5.26 Å². The fourth-order valence-corrected chi connectivity index (χ4v) is 1.97. The predicted molar refractivity (Wildman–Crippen MR) is 73.2 cm³/mol. The highest BCUT2D eigenvalue weighted by Gasteiger charge is 2.20. The van der Waals surface area contributed by atoms with E-state index >= 15 is 0 Å². The van der Waals surface area contributed by atoms with Crippen LogP contribution in [-0.2, 0) is 23.1 Å². The lowest BCUT2D eigenvalue weighted by Gasteiger charge is -2.13. The number of allylic oxidation sites excluding steroid dienone is 3. The number of aromatic nitrogens is 1. The van der Waals surface area contributed by atoms with Gasteiger partial charge in [0.05, 0.1) is 6.07 Å². The van der Waals surface area contributed by atoms with Crippen LogP contribution in [0, 0.1) is 17.2 Å². The number of carbonyl (C=O) groups is 2. The minimum Gasteiger partial charge on any atom is -0.354 e. The summed E-state index contributed by atoms with van der Waals surface area (Å²) in [7, 11) is 1.87. The van der Waals surface area contributed by atoms with Gasteiger partial charge in [0.1, 0.15) is 5.92 Å². The largest absolute Gasteiger partial charge is 0.354 e. The Hall–Kier alpha value is -2.61. The Balaban J connectivity index is 2.00. The van der Waals surface area contributed by atoms with Crippen LogP contribution in [-0.4, -0.2) is 16.3 Å². The maximum absolute atomic E-state index is 12.1. The van der Waals surface area contributed by atoms with E-state index in [1.807, 2.05) is 36.0 Å². The van der Waals surface area contributed by atoms with Crippen molar-refractivity contribution >= 4 is 11.7 Å². The van der Waals surface area contributed by atoms with Gasteiger partial charge in [-0.05, 0) is 24.3 Å². The number of hydrogen-bond donors (Lipinski definition) is 1. The van der Waals surface area contributed by atoms with Crippen molar-refractivity contribution in [3.63, 3.8) is 0 Å². The lowest BCUT2D eigenvalue weighted by molar-refractivity contribution is -0.122. The summed E-state index contributed by atoms with van der Waals surface area (Å²) in [5.41, 5.74) is 1.50. The van der Waals surface area contributed by atoms with Crippen LogP contribution in [0.1, 0.15) is 12.1 Å². The summed E-state index contributed by atoms with van der Waals surface area (Å²) in [4.78, 5) is 23.1. The Bertz CT molecular complexity index is 632. The van der Waals surface area contributed by atoms with Gasteiger partial charge in [-0.25, -0.2) is 0 Å². The molecule has 5 heteroatoms. The molecule has 0 radical (unpaired) electrons. The van der Waals surface area contributed by atoms with Gasteiger partial charge in [0.25, 0.3) is 0 Å². The molecule has 1 aromatic rings. The number of ketones is 1. The SMILES string of the molecule is Cn1cccc1CC(C#N)C(=O)NC1=CCC(=O)C=C1. The molecule has 0 bridgehead atoms. The van der Waals surface area contributed by atoms with E-state index in [-0.39, 0.29) is 18.1 Å². The third-order valence-corrected chi connectivity index (χ3v) is 3.18. The van der Waals surface area contributed by atoms with Gasteiger partial charge in [0, 0.05) is 37.5 Å². The van der Waals surface area contributed by atoms with Gasteiger partial charge in [-0.1, -0.05) is 6.08 Å². The first-order valence-electron chi connectivity index (χ1n) is 6.32. The molecule has 1 amide bonds. The summed E-state index contributed by atoms with van der Waals surface area (Å²) in [5, 5.41) is 11.8. The molecule has 20 heavy (non-hydrogen) atoms. The lowest BCUT2D eigenvalue weighted by atomic mass is 10.0. The van der Waals surface area contributed by atoms with Crippen molar-refractivity contribution in [1.82, 2.24) is 9.88 Å². The average molecular weight is 269 g/mol. The van der Waals surface area contributed by atoms with Crippen molar-refractivity contribution in [3.8, 4) is 6.07 Å². The number of hydrogen-bond acceptors (Lipinski definition) is 3. The van der Waals surface area contributed by atoms with E-state index in [2.05, 4.69) is 5.32 Å². The normalized spacial score (nSPS) is 15.4. The minimum absolute atomic E-state index is 0.00337. The molecule has 0 fully saturated rings. The standard InChI is InChI=1S/C15H15N3O2/c1-18-8-2-3-13(18)9-11(10-16)15(20)17-12-4-6-14(19)7-5-12/h2-6,8,11H,7,9H2,1H3,(H,17,20). The quantitative estimate of drug-likeness (QED) is 0.893. The van der Waals surface area contributed by atoms with Crippen LogP contribution in [0.3, 0.4) is 0 Å². The molecule has 1 unspecified atom stereocenters. The minimum atomic E-state index is -0.754. The average Bonchev–Trinajstić information content (AvgIpc) is 2.84. The third-order valence-electron chi connectivity index (χ3n) is 3.18. The number of rotatable bonds is 4. The number of aryl methyl sites for hydroxylation is 1. The van der Waals surface area contributed by atoms with Gasteiger partial charge in [-0.3, -0.25) is 9.59 Å². The van der Waals surface area contributed by atoms with E-state index in [9.17, 15) is 9.59 Å². The van der Waals surface area contributed by atoms with E-state index in [0.29, 0.717) is 12.1 Å². The van der Waals surface area contributed by atoms with Crippen LogP contribution in [0.4, 0.5) is 0 Å².